The van der Waals surface area contributed by atoms with Gasteiger partial charge in [-0.05, 0) is 48.6 Å². The summed E-state index contributed by atoms with van der Waals surface area (Å²) in [4.78, 5) is 40.0. The Kier molecular flexibility index (Phi) is 8.61. The molecule has 184 valence electrons. The van der Waals surface area contributed by atoms with Crippen molar-refractivity contribution in [3.8, 4) is 0 Å². The van der Waals surface area contributed by atoms with Gasteiger partial charge in [-0.15, -0.1) is 0 Å². The normalized spacial score (nSPS) is 11.7. The lowest BCUT2D eigenvalue weighted by Crippen LogP contribution is -2.31. The van der Waals surface area contributed by atoms with Gasteiger partial charge in [-0.3, -0.25) is 9.59 Å². The van der Waals surface area contributed by atoms with Gasteiger partial charge in [-0.1, -0.05) is 44.2 Å². The highest BCUT2D eigenvalue weighted by Crippen LogP contribution is 2.22. The molecule has 0 aliphatic carbocycles. The van der Waals surface area contributed by atoms with Gasteiger partial charge < -0.3 is 25.5 Å². The number of hydrogen-bond acceptors (Lipinski definition) is 5. The Balaban J connectivity index is 1.57. The van der Waals surface area contributed by atoms with Gasteiger partial charge in [0.15, 0.2) is 0 Å². The van der Waals surface area contributed by atoms with Crippen LogP contribution in [0, 0.1) is 12.8 Å². The predicted octanol–water partition coefficient (Wildman–Crippen LogP) is 4.70. The minimum Gasteiger partial charge on any atom is -0.481 e. The Morgan fingerprint density at radius 2 is 1.71 bits per heavy atom. The highest BCUT2D eigenvalue weighted by molar-refractivity contribution is 6.00. The molecule has 0 aliphatic rings. The van der Waals surface area contributed by atoms with Crippen LogP contribution in [0.3, 0.4) is 0 Å². The van der Waals surface area contributed by atoms with Crippen molar-refractivity contribution < 1.29 is 23.9 Å². The number of carboxylic acid groups (broad SMARTS) is 1. The second kappa shape index (κ2) is 11.8. The minimum atomic E-state index is -1.01. The summed E-state index contributed by atoms with van der Waals surface area (Å²) >= 11 is 0. The van der Waals surface area contributed by atoms with E-state index in [-0.39, 0.29) is 36.5 Å². The van der Waals surface area contributed by atoms with Crippen LogP contribution in [0.4, 0.5) is 16.2 Å². The predicted molar refractivity (Wildman–Crippen MR) is 132 cm³/mol. The Morgan fingerprint density at radius 1 is 1.00 bits per heavy atom. The number of benzene rings is 2. The van der Waals surface area contributed by atoms with E-state index in [1.807, 2.05) is 45.0 Å². The number of carbonyl (C=O) groups excluding carboxylic acids is 2. The largest absolute Gasteiger partial charge is 0.481 e. The summed E-state index contributed by atoms with van der Waals surface area (Å²) in [6.45, 7) is 5.95. The van der Waals surface area contributed by atoms with Crippen LogP contribution in [0.1, 0.15) is 49.1 Å². The summed E-state index contributed by atoms with van der Waals surface area (Å²) in [5.41, 5.74) is 3.07. The van der Waals surface area contributed by atoms with E-state index in [4.69, 9.17) is 9.52 Å². The number of carboxylic acids is 1. The first-order valence-corrected chi connectivity index (χ1v) is 11.4. The van der Waals surface area contributed by atoms with E-state index in [1.165, 1.54) is 6.20 Å². The van der Waals surface area contributed by atoms with E-state index in [1.54, 1.807) is 24.3 Å². The molecule has 0 bridgehead atoms. The molecule has 1 heterocycles. The average Bonchev–Trinajstić information content (AvgIpc) is 3.24. The topological polar surface area (TPSA) is 134 Å². The summed E-state index contributed by atoms with van der Waals surface area (Å²) in [6.07, 6.45) is 1.84. The van der Waals surface area contributed by atoms with E-state index >= 15 is 0 Å². The number of rotatable bonds is 10. The van der Waals surface area contributed by atoms with Crippen molar-refractivity contribution in [2.24, 2.45) is 5.92 Å². The molecule has 1 aromatic heterocycles. The number of para-hydroxylation sites is 1. The van der Waals surface area contributed by atoms with E-state index in [2.05, 4.69) is 20.9 Å². The van der Waals surface area contributed by atoms with Gasteiger partial charge in [0, 0.05) is 11.4 Å². The molecule has 0 radical (unpaired) electrons. The molecular formula is C26H30N4O5. The molecule has 0 spiro atoms. The van der Waals surface area contributed by atoms with Gasteiger partial charge in [0.05, 0.1) is 12.6 Å². The number of nitrogens with zero attached hydrogens (tertiary/aromatic N) is 1. The maximum atomic E-state index is 12.7. The van der Waals surface area contributed by atoms with E-state index in [0.717, 1.165) is 16.8 Å². The van der Waals surface area contributed by atoms with Gasteiger partial charge in [0.25, 0.3) is 0 Å². The molecule has 0 fully saturated rings. The lowest BCUT2D eigenvalue weighted by atomic mass is 10.0. The highest BCUT2D eigenvalue weighted by atomic mass is 16.4. The molecular weight excluding hydrogens is 448 g/mol. The Labute approximate surface area is 204 Å². The number of urea groups is 1. The molecule has 3 amide bonds. The van der Waals surface area contributed by atoms with Crippen LogP contribution in [-0.4, -0.2) is 28.0 Å². The molecule has 0 aliphatic heterocycles. The smallest absolute Gasteiger partial charge is 0.323 e. The van der Waals surface area contributed by atoms with Crippen molar-refractivity contribution in [3.05, 3.63) is 77.5 Å². The van der Waals surface area contributed by atoms with Crippen LogP contribution in [0.15, 0.2) is 59.1 Å². The van der Waals surface area contributed by atoms with Gasteiger partial charge in [-0.25, -0.2) is 9.78 Å². The van der Waals surface area contributed by atoms with Crippen LogP contribution in [0.5, 0.6) is 0 Å². The fraction of sp³-hybridized carbons (Fsp3) is 0.308. The SMILES string of the molecule is Cc1ccccc1NC(=O)Nc1ccc(CC(=O)NC(CC(C)C)c2ncc(CC(=O)O)o2)cc1. The van der Waals surface area contributed by atoms with E-state index < -0.39 is 12.0 Å². The van der Waals surface area contributed by atoms with Gasteiger partial charge in [0.1, 0.15) is 18.2 Å². The maximum absolute atomic E-state index is 12.7. The number of aromatic nitrogens is 1. The zero-order chi connectivity index (χ0) is 25.4. The molecule has 1 unspecified atom stereocenters. The van der Waals surface area contributed by atoms with E-state index in [9.17, 15) is 14.4 Å². The van der Waals surface area contributed by atoms with Gasteiger partial charge in [-0.2, -0.15) is 0 Å². The number of oxazole rings is 1. The van der Waals surface area contributed by atoms with Crippen LogP contribution >= 0.6 is 0 Å². The van der Waals surface area contributed by atoms with E-state index in [0.29, 0.717) is 18.0 Å². The Morgan fingerprint density at radius 3 is 2.37 bits per heavy atom. The maximum Gasteiger partial charge on any atom is 0.323 e. The molecule has 3 aromatic rings. The number of anilines is 2. The molecule has 2 aromatic carbocycles. The fourth-order valence-electron chi connectivity index (χ4n) is 3.54. The third-order valence-electron chi connectivity index (χ3n) is 5.21. The monoisotopic (exact) mass is 478 g/mol. The molecule has 0 saturated carbocycles. The summed E-state index contributed by atoms with van der Waals surface area (Å²) < 4.78 is 5.56. The van der Waals surface area contributed by atoms with Crippen molar-refractivity contribution >= 4 is 29.3 Å². The molecule has 4 N–H and O–H groups in total. The second-order valence-electron chi connectivity index (χ2n) is 8.75. The lowest BCUT2D eigenvalue weighted by Gasteiger charge is -2.18. The zero-order valence-corrected chi connectivity index (χ0v) is 20.0. The standard InChI is InChI=1S/C26H30N4O5/c1-16(2)12-22(25-27-15-20(35-25)14-24(32)33)29-23(31)13-18-8-10-19(11-9-18)28-26(34)30-21-7-5-4-6-17(21)3/h4-11,15-16,22H,12-14H2,1-3H3,(H,29,31)(H,32,33)(H2,28,30,34). The average molecular weight is 479 g/mol. The highest BCUT2D eigenvalue weighted by Gasteiger charge is 2.22. The number of aryl methyl sites for hydroxylation is 1. The van der Waals surface area contributed by atoms with Crippen LogP contribution < -0.4 is 16.0 Å². The van der Waals surface area contributed by atoms with Crippen molar-refractivity contribution in [2.45, 2.75) is 46.1 Å². The first kappa shape index (κ1) is 25.5. The number of amides is 3. The van der Waals surface area contributed by atoms with Crippen molar-refractivity contribution in [3.63, 3.8) is 0 Å². The minimum absolute atomic E-state index is 0.132. The molecule has 3 rings (SSSR count). The summed E-state index contributed by atoms with van der Waals surface area (Å²) in [5.74, 6) is -0.437. The molecule has 1 atom stereocenters. The molecule has 9 heteroatoms. The summed E-state index contributed by atoms with van der Waals surface area (Å²) in [7, 11) is 0. The van der Waals surface area contributed by atoms with Crippen LogP contribution in [0.2, 0.25) is 0 Å². The number of carbonyl (C=O) groups is 3. The zero-order valence-electron chi connectivity index (χ0n) is 20.0. The van der Waals surface area contributed by atoms with Crippen molar-refractivity contribution in [1.29, 1.82) is 0 Å². The summed E-state index contributed by atoms with van der Waals surface area (Å²) in [5, 5.41) is 17.5. The van der Waals surface area contributed by atoms with Crippen molar-refractivity contribution in [1.82, 2.24) is 10.3 Å². The first-order valence-electron chi connectivity index (χ1n) is 11.4. The lowest BCUT2D eigenvalue weighted by molar-refractivity contribution is -0.136. The quantitative estimate of drug-likeness (QED) is 0.334. The number of nitrogens with one attached hydrogen (secondary N) is 3. The molecule has 35 heavy (non-hydrogen) atoms. The third-order valence-corrected chi connectivity index (χ3v) is 5.21. The first-order chi connectivity index (χ1) is 16.7. The molecule has 9 nitrogen and oxygen atoms in total. The Bertz CT molecular complexity index is 1170. The van der Waals surface area contributed by atoms with Crippen molar-refractivity contribution in [2.75, 3.05) is 10.6 Å². The molecule has 0 saturated heterocycles. The van der Waals surface area contributed by atoms with Gasteiger partial charge >= 0.3 is 12.0 Å². The van der Waals surface area contributed by atoms with Gasteiger partial charge in [0.2, 0.25) is 11.8 Å². The Hall–Kier alpha value is -4.14. The van der Waals surface area contributed by atoms with Crippen LogP contribution in [-0.2, 0) is 22.4 Å². The summed E-state index contributed by atoms with van der Waals surface area (Å²) in [6, 6.07) is 13.7. The second-order valence-corrected chi connectivity index (χ2v) is 8.75. The number of aliphatic carboxylic acids is 1. The fourth-order valence-corrected chi connectivity index (χ4v) is 3.54. The third kappa shape index (κ3) is 7.99. The van der Waals surface area contributed by atoms with Crippen LogP contribution in [0.25, 0.3) is 0 Å². The number of hydrogen-bond donors (Lipinski definition) is 4.